The van der Waals surface area contributed by atoms with E-state index in [0.29, 0.717) is 5.02 Å². The molecule has 0 radical (unpaired) electrons. The number of nitrogens with one attached hydrogen (secondary N) is 1. The summed E-state index contributed by atoms with van der Waals surface area (Å²) in [5.41, 5.74) is 5.15. The molecule has 2 nitrogen and oxygen atoms in total. The van der Waals surface area contributed by atoms with Gasteiger partial charge in [0.2, 0.25) is 5.91 Å². The molecule has 0 aromatic heterocycles. The van der Waals surface area contributed by atoms with Crippen LogP contribution in [0.5, 0.6) is 0 Å². The van der Waals surface area contributed by atoms with Crippen molar-refractivity contribution in [2.24, 2.45) is 0 Å². The van der Waals surface area contributed by atoms with Crippen molar-refractivity contribution in [2.75, 3.05) is 5.32 Å². The Labute approximate surface area is 117 Å². The zero-order valence-electron chi connectivity index (χ0n) is 10.8. The van der Waals surface area contributed by atoms with Crippen molar-refractivity contribution in [2.45, 2.75) is 19.8 Å². The third-order valence-corrected chi connectivity index (χ3v) is 4.05. The van der Waals surface area contributed by atoms with Crippen LogP contribution in [0.15, 0.2) is 36.4 Å². The van der Waals surface area contributed by atoms with Gasteiger partial charge in [-0.3, -0.25) is 4.79 Å². The number of para-hydroxylation sites is 1. The number of fused-ring (bicyclic) bond motifs is 1. The van der Waals surface area contributed by atoms with Crippen molar-refractivity contribution in [3.63, 3.8) is 0 Å². The first kappa shape index (κ1) is 12.2. The molecule has 2 aromatic rings. The van der Waals surface area contributed by atoms with E-state index in [0.717, 1.165) is 16.8 Å². The Morgan fingerprint density at radius 1 is 1.11 bits per heavy atom. The van der Waals surface area contributed by atoms with Crippen molar-refractivity contribution in [1.82, 2.24) is 0 Å². The second kappa shape index (κ2) is 4.39. The number of amides is 1. The number of halogens is 1. The zero-order valence-corrected chi connectivity index (χ0v) is 11.6. The Morgan fingerprint density at radius 2 is 1.89 bits per heavy atom. The lowest BCUT2D eigenvalue weighted by molar-refractivity contribution is -0.116. The van der Waals surface area contributed by atoms with Gasteiger partial charge in [0.25, 0.3) is 0 Å². The fourth-order valence-corrected chi connectivity index (χ4v) is 2.75. The summed E-state index contributed by atoms with van der Waals surface area (Å²) in [6.07, 6.45) is 0. The lowest BCUT2D eigenvalue weighted by Gasteiger charge is -2.11. The molecular formula is C16H14ClNO. The zero-order chi connectivity index (χ0) is 13.6. The molecule has 1 unspecified atom stereocenters. The van der Waals surface area contributed by atoms with E-state index in [9.17, 15) is 4.79 Å². The largest absolute Gasteiger partial charge is 0.324 e. The van der Waals surface area contributed by atoms with E-state index in [2.05, 4.69) is 31.3 Å². The van der Waals surface area contributed by atoms with Crippen molar-refractivity contribution >= 4 is 23.2 Å². The van der Waals surface area contributed by atoms with Gasteiger partial charge >= 0.3 is 0 Å². The molecule has 3 rings (SSSR count). The van der Waals surface area contributed by atoms with Crippen molar-refractivity contribution in [3.8, 4) is 0 Å². The maximum Gasteiger partial charge on any atom is 0.236 e. The van der Waals surface area contributed by atoms with Gasteiger partial charge in [0.05, 0.1) is 16.6 Å². The third-order valence-electron chi connectivity index (χ3n) is 3.73. The van der Waals surface area contributed by atoms with E-state index < -0.39 is 0 Å². The Balaban J connectivity index is 2.14. The highest BCUT2D eigenvalue weighted by Gasteiger charge is 2.33. The van der Waals surface area contributed by atoms with E-state index >= 15 is 0 Å². The summed E-state index contributed by atoms with van der Waals surface area (Å²) in [7, 11) is 0. The second-order valence-electron chi connectivity index (χ2n) is 4.97. The number of hydrogen-bond acceptors (Lipinski definition) is 1. The maximum atomic E-state index is 12.2. The molecule has 2 aromatic carbocycles. The summed E-state index contributed by atoms with van der Waals surface area (Å²) in [5, 5.41) is 3.47. The van der Waals surface area contributed by atoms with Crippen molar-refractivity contribution in [3.05, 3.63) is 63.7 Å². The molecule has 0 saturated heterocycles. The van der Waals surface area contributed by atoms with Gasteiger partial charge in [-0.05, 0) is 42.2 Å². The fraction of sp³-hybridized carbons (Fsp3) is 0.188. The highest BCUT2D eigenvalue weighted by Crippen LogP contribution is 2.41. The number of hydrogen-bond donors (Lipinski definition) is 1. The normalized spacial score (nSPS) is 17.2. The van der Waals surface area contributed by atoms with E-state index in [1.54, 1.807) is 6.07 Å². The molecule has 0 aliphatic carbocycles. The number of carbonyl (C=O) groups excluding carboxylic acids is 1. The van der Waals surface area contributed by atoms with Crippen LogP contribution in [0.3, 0.4) is 0 Å². The molecule has 0 fully saturated rings. The molecule has 3 heteroatoms. The summed E-state index contributed by atoms with van der Waals surface area (Å²) < 4.78 is 0. The predicted octanol–water partition coefficient (Wildman–Crippen LogP) is 4.04. The van der Waals surface area contributed by atoms with Crippen LogP contribution >= 0.6 is 11.6 Å². The first-order valence-electron chi connectivity index (χ1n) is 6.24. The average molecular weight is 272 g/mol. The quantitative estimate of drug-likeness (QED) is 0.833. The molecule has 0 spiro atoms. The van der Waals surface area contributed by atoms with Gasteiger partial charge < -0.3 is 5.32 Å². The Hall–Kier alpha value is -1.80. The second-order valence-corrected chi connectivity index (χ2v) is 5.38. The summed E-state index contributed by atoms with van der Waals surface area (Å²) in [5.74, 6) is -0.264. The van der Waals surface area contributed by atoms with E-state index in [-0.39, 0.29) is 11.8 Å². The van der Waals surface area contributed by atoms with Gasteiger partial charge in [0.15, 0.2) is 0 Å². The molecule has 1 N–H and O–H groups in total. The first-order chi connectivity index (χ1) is 9.08. The number of carbonyl (C=O) groups is 1. The number of benzene rings is 2. The van der Waals surface area contributed by atoms with Crippen LogP contribution in [0.4, 0.5) is 5.69 Å². The van der Waals surface area contributed by atoms with Crippen molar-refractivity contribution < 1.29 is 4.79 Å². The lowest BCUT2D eigenvalue weighted by atomic mass is 9.90. The number of anilines is 1. The summed E-state index contributed by atoms with van der Waals surface area (Å²) in [6.45, 7) is 4.13. The van der Waals surface area contributed by atoms with Crippen LogP contribution in [-0.2, 0) is 4.79 Å². The van der Waals surface area contributed by atoms with Gasteiger partial charge in [-0.25, -0.2) is 0 Å². The average Bonchev–Trinajstić information content (AvgIpc) is 2.71. The van der Waals surface area contributed by atoms with Crippen LogP contribution < -0.4 is 5.32 Å². The van der Waals surface area contributed by atoms with Crippen molar-refractivity contribution in [1.29, 1.82) is 0 Å². The van der Waals surface area contributed by atoms with Gasteiger partial charge in [-0.2, -0.15) is 0 Å². The molecule has 1 aliphatic rings. The third kappa shape index (κ3) is 1.92. The monoisotopic (exact) mass is 271 g/mol. The van der Waals surface area contributed by atoms with E-state index in [1.807, 2.05) is 18.2 Å². The summed E-state index contributed by atoms with van der Waals surface area (Å²) in [4.78, 5) is 12.2. The SMILES string of the molecule is Cc1ccc(C2C(=O)Nc3c(Cl)cccc32)cc1C. The first-order valence-corrected chi connectivity index (χ1v) is 6.62. The minimum Gasteiger partial charge on any atom is -0.324 e. The smallest absolute Gasteiger partial charge is 0.236 e. The minimum atomic E-state index is -0.256. The van der Waals surface area contributed by atoms with Crippen LogP contribution in [0.1, 0.15) is 28.2 Å². The Morgan fingerprint density at radius 3 is 2.63 bits per heavy atom. The number of aryl methyl sites for hydroxylation is 2. The lowest BCUT2D eigenvalue weighted by Crippen LogP contribution is -2.13. The Kier molecular flexibility index (Phi) is 2.83. The van der Waals surface area contributed by atoms with Crippen LogP contribution in [0, 0.1) is 13.8 Å². The topological polar surface area (TPSA) is 29.1 Å². The maximum absolute atomic E-state index is 12.2. The molecule has 1 amide bonds. The fourth-order valence-electron chi connectivity index (χ4n) is 2.52. The molecule has 1 heterocycles. The van der Waals surface area contributed by atoms with Gasteiger partial charge in [0, 0.05) is 0 Å². The molecular weight excluding hydrogens is 258 g/mol. The summed E-state index contributed by atoms with van der Waals surface area (Å²) in [6, 6.07) is 11.8. The van der Waals surface area contributed by atoms with Crippen LogP contribution in [-0.4, -0.2) is 5.91 Å². The molecule has 96 valence electrons. The summed E-state index contributed by atoms with van der Waals surface area (Å²) >= 11 is 6.13. The molecule has 0 saturated carbocycles. The van der Waals surface area contributed by atoms with Gasteiger partial charge in [-0.1, -0.05) is 41.9 Å². The molecule has 1 aliphatic heterocycles. The van der Waals surface area contributed by atoms with Gasteiger partial charge in [0.1, 0.15) is 0 Å². The highest BCUT2D eigenvalue weighted by molar-refractivity contribution is 6.34. The highest BCUT2D eigenvalue weighted by atomic mass is 35.5. The predicted molar refractivity (Wildman–Crippen MR) is 77.8 cm³/mol. The van der Waals surface area contributed by atoms with E-state index in [4.69, 9.17) is 11.6 Å². The standard InChI is InChI=1S/C16H14ClNO/c1-9-6-7-11(8-10(9)2)14-12-4-3-5-13(17)15(12)18-16(14)19/h3-8,14H,1-2H3,(H,18,19). The molecule has 0 bridgehead atoms. The molecule has 1 atom stereocenters. The minimum absolute atomic E-state index is 0.00801. The van der Waals surface area contributed by atoms with Gasteiger partial charge in [-0.15, -0.1) is 0 Å². The van der Waals surface area contributed by atoms with Crippen LogP contribution in [0.25, 0.3) is 0 Å². The van der Waals surface area contributed by atoms with Crippen LogP contribution in [0.2, 0.25) is 5.02 Å². The van der Waals surface area contributed by atoms with E-state index in [1.165, 1.54) is 11.1 Å². The number of rotatable bonds is 1. The molecule has 19 heavy (non-hydrogen) atoms. The Bertz CT molecular complexity index is 678.